The van der Waals surface area contributed by atoms with Crippen molar-refractivity contribution in [2.45, 2.75) is 31.7 Å². The minimum Gasteiger partial charge on any atom is -0.370 e. The Labute approximate surface area is 147 Å². The summed E-state index contributed by atoms with van der Waals surface area (Å²) in [4.78, 5) is 6.46. The molecule has 0 unspecified atom stereocenters. The minimum absolute atomic E-state index is 0. The summed E-state index contributed by atoms with van der Waals surface area (Å²) in [7, 11) is 2.01. The summed E-state index contributed by atoms with van der Waals surface area (Å²) in [5.74, 6) is 0.643. The summed E-state index contributed by atoms with van der Waals surface area (Å²) in [5.41, 5.74) is 7.03. The molecule has 1 aromatic carbocycles. The number of hydrogen-bond acceptors (Lipinski definition) is 1. The normalized spacial score (nSPS) is 14.8. The van der Waals surface area contributed by atoms with Gasteiger partial charge in [-0.2, -0.15) is 0 Å². The molecule has 20 heavy (non-hydrogen) atoms. The number of aryl methyl sites for hydroxylation is 1. The van der Waals surface area contributed by atoms with Gasteiger partial charge in [0.15, 0.2) is 5.96 Å². The predicted molar refractivity (Wildman–Crippen MR) is 97.5 cm³/mol. The molecule has 1 aliphatic rings. The van der Waals surface area contributed by atoms with Crippen molar-refractivity contribution in [3.63, 3.8) is 0 Å². The summed E-state index contributed by atoms with van der Waals surface area (Å²) in [6, 6.07) is 6.21. The van der Waals surface area contributed by atoms with Gasteiger partial charge in [-0.15, -0.1) is 24.0 Å². The maximum absolute atomic E-state index is 6.12. The highest BCUT2D eigenvalue weighted by atomic mass is 127. The maximum atomic E-state index is 6.12. The van der Waals surface area contributed by atoms with Crippen LogP contribution in [0.3, 0.4) is 0 Å². The summed E-state index contributed by atoms with van der Waals surface area (Å²) >= 11 is 12.0. The lowest BCUT2D eigenvalue weighted by Gasteiger charge is -2.16. The van der Waals surface area contributed by atoms with Crippen molar-refractivity contribution in [1.82, 2.24) is 4.90 Å². The van der Waals surface area contributed by atoms with Gasteiger partial charge in [0.05, 0.1) is 0 Å². The third-order valence-corrected chi connectivity index (χ3v) is 3.94. The molecule has 2 N–H and O–H groups in total. The molecular weight excluding hydrogens is 408 g/mol. The Balaban J connectivity index is 0.00000200. The van der Waals surface area contributed by atoms with E-state index in [1.165, 1.54) is 12.8 Å². The van der Waals surface area contributed by atoms with Crippen LogP contribution in [0.25, 0.3) is 0 Å². The number of guanidine groups is 1. The second-order valence-corrected chi connectivity index (χ2v) is 5.76. The van der Waals surface area contributed by atoms with Crippen LogP contribution < -0.4 is 5.73 Å². The average molecular weight is 428 g/mol. The Morgan fingerprint density at radius 3 is 2.70 bits per heavy atom. The highest BCUT2D eigenvalue weighted by Crippen LogP contribution is 2.25. The number of nitrogens with two attached hydrogens (primary N) is 1. The molecular formula is C14H20Cl2IN3. The van der Waals surface area contributed by atoms with E-state index in [0.29, 0.717) is 17.0 Å². The molecule has 6 heteroatoms. The topological polar surface area (TPSA) is 41.6 Å². The van der Waals surface area contributed by atoms with E-state index in [4.69, 9.17) is 28.9 Å². The molecule has 1 saturated carbocycles. The number of hydrogen-bond donors (Lipinski definition) is 1. The van der Waals surface area contributed by atoms with Gasteiger partial charge in [0, 0.05) is 29.7 Å². The van der Waals surface area contributed by atoms with Crippen LogP contribution in [-0.2, 0) is 6.42 Å². The van der Waals surface area contributed by atoms with Crippen LogP contribution in [0.2, 0.25) is 10.0 Å². The Kier molecular flexibility index (Phi) is 7.40. The molecule has 0 aliphatic heterocycles. The van der Waals surface area contributed by atoms with E-state index < -0.39 is 0 Å². The third kappa shape index (κ3) is 5.30. The first kappa shape index (κ1) is 17.9. The molecule has 112 valence electrons. The molecule has 2 rings (SSSR count). The minimum atomic E-state index is 0. The van der Waals surface area contributed by atoms with Crippen LogP contribution in [0.5, 0.6) is 0 Å². The molecule has 0 aromatic heterocycles. The second kappa shape index (κ2) is 8.29. The third-order valence-electron chi connectivity index (χ3n) is 3.35. The van der Waals surface area contributed by atoms with Crippen molar-refractivity contribution < 1.29 is 0 Å². The first-order valence-corrected chi connectivity index (χ1v) is 7.30. The van der Waals surface area contributed by atoms with Gasteiger partial charge < -0.3 is 10.6 Å². The van der Waals surface area contributed by atoms with E-state index in [2.05, 4.69) is 9.89 Å². The number of benzene rings is 1. The lowest BCUT2D eigenvalue weighted by molar-refractivity contribution is 0.487. The highest BCUT2D eigenvalue weighted by Gasteiger charge is 2.27. The van der Waals surface area contributed by atoms with Gasteiger partial charge in [-0.05, 0) is 43.4 Å². The zero-order valence-electron chi connectivity index (χ0n) is 11.5. The standard InChI is InChI=1S/C14H19Cl2N3.HI/c1-19(12-6-7-12)14(17)18-8-2-3-10-4-5-11(15)9-13(10)16;/h4-5,9,12H,2-3,6-8H2,1H3,(H2,17,18);1H. The van der Waals surface area contributed by atoms with Gasteiger partial charge in [0.2, 0.25) is 0 Å². The van der Waals surface area contributed by atoms with Crippen molar-refractivity contribution in [2.75, 3.05) is 13.6 Å². The zero-order valence-corrected chi connectivity index (χ0v) is 15.3. The molecule has 3 nitrogen and oxygen atoms in total. The van der Waals surface area contributed by atoms with Gasteiger partial charge >= 0.3 is 0 Å². The van der Waals surface area contributed by atoms with Crippen LogP contribution in [0.4, 0.5) is 0 Å². The quantitative estimate of drug-likeness (QED) is 0.334. The largest absolute Gasteiger partial charge is 0.370 e. The van der Waals surface area contributed by atoms with Crippen LogP contribution in [0.15, 0.2) is 23.2 Å². The van der Waals surface area contributed by atoms with Crippen LogP contribution in [0, 0.1) is 0 Å². The van der Waals surface area contributed by atoms with Crippen molar-refractivity contribution in [3.05, 3.63) is 33.8 Å². The van der Waals surface area contributed by atoms with Gasteiger partial charge in [0.1, 0.15) is 0 Å². The van der Waals surface area contributed by atoms with Crippen LogP contribution in [-0.4, -0.2) is 30.5 Å². The van der Waals surface area contributed by atoms with E-state index in [9.17, 15) is 0 Å². The molecule has 0 radical (unpaired) electrons. The SMILES string of the molecule is CN(C(N)=NCCCc1ccc(Cl)cc1Cl)C1CC1.I. The summed E-state index contributed by atoms with van der Waals surface area (Å²) in [6.07, 6.45) is 4.28. The number of rotatable bonds is 5. The van der Waals surface area contributed by atoms with E-state index in [1.807, 2.05) is 19.2 Å². The fraction of sp³-hybridized carbons (Fsp3) is 0.500. The van der Waals surface area contributed by atoms with Crippen LogP contribution in [0.1, 0.15) is 24.8 Å². The second-order valence-electron chi connectivity index (χ2n) is 4.92. The molecule has 1 fully saturated rings. The molecule has 1 aromatic rings. The lowest BCUT2D eigenvalue weighted by Crippen LogP contribution is -2.35. The fourth-order valence-corrected chi connectivity index (χ4v) is 2.45. The molecule has 0 bridgehead atoms. The molecule has 0 spiro atoms. The molecule has 0 amide bonds. The molecule has 0 saturated heterocycles. The summed E-state index contributed by atoms with van der Waals surface area (Å²) in [6.45, 7) is 0.724. The summed E-state index contributed by atoms with van der Waals surface area (Å²) < 4.78 is 0. The Hall–Kier alpha value is -0.200. The first-order chi connectivity index (χ1) is 9.08. The molecule has 0 atom stereocenters. The highest BCUT2D eigenvalue weighted by molar-refractivity contribution is 14.0. The van der Waals surface area contributed by atoms with Gasteiger partial charge in [0.25, 0.3) is 0 Å². The predicted octanol–water partition coefficient (Wildman–Crippen LogP) is 3.95. The number of nitrogens with zero attached hydrogens (tertiary/aromatic N) is 2. The smallest absolute Gasteiger partial charge is 0.191 e. The number of aliphatic imine (C=N–C) groups is 1. The molecule has 1 aliphatic carbocycles. The van der Waals surface area contributed by atoms with E-state index >= 15 is 0 Å². The zero-order chi connectivity index (χ0) is 13.8. The lowest BCUT2D eigenvalue weighted by atomic mass is 10.1. The van der Waals surface area contributed by atoms with Gasteiger partial charge in [-0.3, -0.25) is 4.99 Å². The van der Waals surface area contributed by atoms with E-state index in [-0.39, 0.29) is 24.0 Å². The molecule has 0 heterocycles. The van der Waals surface area contributed by atoms with Crippen molar-refractivity contribution in [3.8, 4) is 0 Å². The average Bonchev–Trinajstić information content (AvgIpc) is 3.19. The summed E-state index contributed by atoms with van der Waals surface area (Å²) in [5, 5.41) is 1.39. The van der Waals surface area contributed by atoms with Gasteiger partial charge in [-0.1, -0.05) is 29.3 Å². The monoisotopic (exact) mass is 427 g/mol. The van der Waals surface area contributed by atoms with Crippen molar-refractivity contribution >= 4 is 53.1 Å². The fourth-order valence-electron chi connectivity index (χ4n) is 1.95. The van der Waals surface area contributed by atoms with Crippen molar-refractivity contribution in [2.24, 2.45) is 10.7 Å². The van der Waals surface area contributed by atoms with Crippen LogP contribution >= 0.6 is 47.2 Å². The Bertz CT molecular complexity index is 475. The Morgan fingerprint density at radius 2 is 2.10 bits per heavy atom. The van der Waals surface area contributed by atoms with E-state index in [1.54, 1.807) is 6.07 Å². The first-order valence-electron chi connectivity index (χ1n) is 6.54. The van der Waals surface area contributed by atoms with E-state index in [0.717, 1.165) is 30.0 Å². The number of halogens is 3. The van der Waals surface area contributed by atoms with Gasteiger partial charge in [-0.25, -0.2) is 0 Å². The maximum Gasteiger partial charge on any atom is 0.191 e. The Morgan fingerprint density at radius 1 is 1.40 bits per heavy atom. The van der Waals surface area contributed by atoms with Crippen molar-refractivity contribution in [1.29, 1.82) is 0 Å².